The van der Waals surface area contributed by atoms with Gasteiger partial charge in [-0.3, -0.25) is 14.7 Å². The minimum absolute atomic E-state index is 0.288. The zero-order valence-electron chi connectivity index (χ0n) is 19.9. The van der Waals surface area contributed by atoms with E-state index in [1.165, 1.54) is 0 Å². The molecule has 0 saturated carbocycles. The Balaban J connectivity index is 1.55. The number of hydrogen-bond acceptors (Lipinski definition) is 6. The number of hydrogen-bond donors (Lipinski definition) is 3. The smallest absolute Gasteiger partial charge is 0.121 e. The molecule has 0 bridgehead atoms. The van der Waals surface area contributed by atoms with Crippen LogP contribution >= 0.6 is 47.8 Å². The van der Waals surface area contributed by atoms with Gasteiger partial charge in [0.2, 0.25) is 0 Å². The van der Waals surface area contributed by atoms with Crippen LogP contribution in [0.1, 0.15) is 16.7 Å². The predicted molar refractivity (Wildman–Crippen MR) is 153 cm³/mol. The van der Waals surface area contributed by atoms with Crippen molar-refractivity contribution >= 4 is 47.8 Å². The highest BCUT2D eigenvalue weighted by atomic mass is 79.9. The van der Waals surface area contributed by atoms with Crippen LogP contribution in [-0.4, -0.2) is 69.3 Å². The van der Waals surface area contributed by atoms with Gasteiger partial charge in [0.05, 0.1) is 0 Å². The van der Waals surface area contributed by atoms with Crippen LogP contribution in [0.4, 0.5) is 0 Å². The Morgan fingerprint density at radius 3 is 1.44 bits per heavy atom. The molecule has 4 rings (SSSR count). The third-order valence-corrected chi connectivity index (χ3v) is 8.27. The highest BCUT2D eigenvalue weighted by Gasteiger charge is 2.20. The molecule has 0 atom stereocenters. The van der Waals surface area contributed by atoms with E-state index in [4.69, 9.17) is 0 Å². The van der Waals surface area contributed by atoms with Crippen molar-refractivity contribution in [3.8, 4) is 17.2 Å². The Labute approximate surface area is 237 Å². The summed E-state index contributed by atoms with van der Waals surface area (Å²) in [5.74, 6) is 0.879. The van der Waals surface area contributed by atoms with Gasteiger partial charge >= 0.3 is 0 Å². The van der Waals surface area contributed by atoms with Crippen molar-refractivity contribution in [3.05, 3.63) is 84.7 Å². The molecular weight excluding hydrogens is 654 g/mol. The summed E-state index contributed by atoms with van der Waals surface area (Å²) in [4.78, 5) is 7.06. The summed E-state index contributed by atoms with van der Waals surface area (Å²) in [5, 5.41) is 31.3. The van der Waals surface area contributed by atoms with Crippen LogP contribution in [-0.2, 0) is 19.6 Å². The molecule has 6 nitrogen and oxygen atoms in total. The molecule has 0 aliphatic carbocycles. The fraction of sp³-hybridized carbons (Fsp3) is 0.333. The van der Waals surface area contributed by atoms with Crippen LogP contribution in [0.15, 0.2) is 68.0 Å². The molecular formula is C27H30Br3N3O3. The second kappa shape index (κ2) is 12.8. The molecule has 0 spiro atoms. The molecule has 3 N–H and O–H groups in total. The maximum absolute atomic E-state index is 10.5. The fourth-order valence-corrected chi connectivity index (χ4v) is 5.73. The van der Waals surface area contributed by atoms with Crippen LogP contribution in [0.5, 0.6) is 17.2 Å². The average molecular weight is 684 g/mol. The molecule has 1 fully saturated rings. The summed E-state index contributed by atoms with van der Waals surface area (Å²) < 4.78 is 2.78. The van der Waals surface area contributed by atoms with E-state index in [0.29, 0.717) is 31.1 Å². The second-order valence-electron chi connectivity index (χ2n) is 9.11. The van der Waals surface area contributed by atoms with Gasteiger partial charge in [-0.1, -0.05) is 53.9 Å². The van der Waals surface area contributed by atoms with E-state index >= 15 is 0 Å². The molecule has 36 heavy (non-hydrogen) atoms. The molecule has 0 aromatic heterocycles. The highest BCUT2D eigenvalue weighted by molar-refractivity contribution is 9.11. The number of aromatic hydroxyl groups is 3. The van der Waals surface area contributed by atoms with Crippen molar-refractivity contribution in [2.45, 2.75) is 19.6 Å². The fourth-order valence-electron chi connectivity index (χ4n) is 4.43. The maximum Gasteiger partial charge on any atom is 0.121 e. The lowest BCUT2D eigenvalue weighted by atomic mass is 10.1. The lowest BCUT2D eigenvalue weighted by molar-refractivity contribution is 0.206. The average Bonchev–Trinajstić information content (AvgIpc) is 2.93. The van der Waals surface area contributed by atoms with Gasteiger partial charge in [-0.25, -0.2) is 0 Å². The van der Waals surface area contributed by atoms with E-state index in [-0.39, 0.29) is 5.75 Å². The molecule has 1 aliphatic heterocycles. The summed E-state index contributed by atoms with van der Waals surface area (Å²) in [6.45, 7) is 6.85. The van der Waals surface area contributed by atoms with Gasteiger partial charge in [0.1, 0.15) is 17.2 Å². The van der Waals surface area contributed by atoms with Crippen molar-refractivity contribution in [1.29, 1.82) is 0 Å². The van der Waals surface area contributed by atoms with Crippen molar-refractivity contribution in [1.82, 2.24) is 14.7 Å². The van der Waals surface area contributed by atoms with Gasteiger partial charge in [0.15, 0.2) is 0 Å². The Morgan fingerprint density at radius 2 is 1.00 bits per heavy atom. The molecule has 9 heteroatoms. The normalized spacial score (nSPS) is 16.4. The van der Waals surface area contributed by atoms with Gasteiger partial charge in [0.25, 0.3) is 0 Å². The van der Waals surface area contributed by atoms with Crippen molar-refractivity contribution in [3.63, 3.8) is 0 Å². The molecule has 3 aromatic rings. The third kappa shape index (κ3) is 7.46. The summed E-state index contributed by atoms with van der Waals surface area (Å²) in [5.41, 5.74) is 2.65. The number of nitrogens with zero attached hydrogens (tertiary/aromatic N) is 3. The quantitative estimate of drug-likeness (QED) is 0.300. The standard InChI is InChI=1S/C27H30Br3N3O3/c28-21-4-6-25(34)19(14-21)16-31-8-9-32(17-20-15-22(29)5-7-26(20)35)11-13-33(12-10-31)18-23-24(30)2-1-3-27(23)36/h1-7,14-15,34-36H,8-13,16-18H2. The number of phenolic OH excluding ortho intramolecular Hbond substituents is 3. The van der Waals surface area contributed by atoms with E-state index in [1.807, 2.05) is 36.4 Å². The molecule has 3 aromatic carbocycles. The molecule has 0 radical (unpaired) electrons. The van der Waals surface area contributed by atoms with E-state index in [2.05, 4.69) is 62.5 Å². The van der Waals surface area contributed by atoms with Gasteiger partial charge in [-0.2, -0.15) is 0 Å². The highest BCUT2D eigenvalue weighted by Crippen LogP contribution is 2.28. The summed E-state index contributed by atoms with van der Waals surface area (Å²) in [7, 11) is 0. The lowest BCUT2D eigenvalue weighted by Gasteiger charge is -2.26. The first-order chi connectivity index (χ1) is 17.3. The summed E-state index contributed by atoms with van der Waals surface area (Å²) >= 11 is 10.6. The summed E-state index contributed by atoms with van der Waals surface area (Å²) in [6.07, 6.45) is 0. The van der Waals surface area contributed by atoms with Gasteiger partial charge in [-0.15, -0.1) is 0 Å². The second-order valence-corrected chi connectivity index (χ2v) is 11.8. The largest absolute Gasteiger partial charge is 0.508 e. The van der Waals surface area contributed by atoms with Crippen LogP contribution in [0.3, 0.4) is 0 Å². The van der Waals surface area contributed by atoms with Gasteiger partial charge in [-0.05, 0) is 48.5 Å². The third-order valence-electron chi connectivity index (χ3n) is 6.54. The summed E-state index contributed by atoms with van der Waals surface area (Å²) in [6, 6.07) is 16.6. The zero-order chi connectivity index (χ0) is 25.7. The van der Waals surface area contributed by atoms with E-state index in [1.54, 1.807) is 18.2 Å². The lowest BCUT2D eigenvalue weighted by Crippen LogP contribution is -2.35. The number of rotatable bonds is 6. The van der Waals surface area contributed by atoms with Crippen molar-refractivity contribution < 1.29 is 15.3 Å². The number of benzene rings is 3. The van der Waals surface area contributed by atoms with Crippen LogP contribution in [0.2, 0.25) is 0 Å². The number of phenols is 3. The minimum atomic E-state index is 0.288. The van der Waals surface area contributed by atoms with Crippen molar-refractivity contribution in [2.24, 2.45) is 0 Å². The Bertz CT molecular complexity index is 1110. The van der Waals surface area contributed by atoms with Crippen molar-refractivity contribution in [2.75, 3.05) is 39.3 Å². The first-order valence-electron chi connectivity index (χ1n) is 11.9. The van der Waals surface area contributed by atoms with E-state index in [0.717, 1.165) is 69.4 Å². The zero-order valence-corrected chi connectivity index (χ0v) is 24.6. The predicted octanol–water partition coefficient (Wildman–Crippen LogP) is 5.91. The molecule has 1 aliphatic rings. The molecule has 0 unspecified atom stereocenters. The molecule has 192 valence electrons. The van der Waals surface area contributed by atoms with Gasteiger partial charge in [0, 0.05) is 89.0 Å². The Morgan fingerprint density at radius 1 is 0.556 bits per heavy atom. The first kappa shape index (κ1) is 27.4. The maximum atomic E-state index is 10.5. The van der Waals surface area contributed by atoms with Gasteiger partial charge < -0.3 is 15.3 Å². The monoisotopic (exact) mass is 681 g/mol. The topological polar surface area (TPSA) is 70.4 Å². The molecule has 1 saturated heterocycles. The number of halogens is 3. The van der Waals surface area contributed by atoms with E-state index in [9.17, 15) is 15.3 Å². The molecule has 1 heterocycles. The van der Waals surface area contributed by atoms with Crippen LogP contribution < -0.4 is 0 Å². The van der Waals surface area contributed by atoms with E-state index < -0.39 is 0 Å². The first-order valence-corrected chi connectivity index (χ1v) is 14.2. The molecule has 0 amide bonds. The Hall–Kier alpha value is -1.62. The van der Waals surface area contributed by atoms with Crippen LogP contribution in [0, 0.1) is 0 Å². The Kier molecular flexibility index (Phi) is 9.71. The minimum Gasteiger partial charge on any atom is -0.508 e. The SMILES string of the molecule is Oc1ccc(Br)cc1CN1CCN(Cc2cc(Br)ccc2O)CCN(Cc2c(O)cccc2Br)CC1. The van der Waals surface area contributed by atoms with Crippen LogP contribution in [0.25, 0.3) is 0 Å².